The van der Waals surface area contributed by atoms with Gasteiger partial charge in [0.1, 0.15) is 6.61 Å². The number of nitrogens with zero attached hydrogens (tertiary/aromatic N) is 1. The Hall–Kier alpha value is -1.80. The maximum absolute atomic E-state index is 4.88. The summed E-state index contributed by atoms with van der Waals surface area (Å²) in [5, 5.41) is 3.36. The average molecular weight is 248 g/mol. The van der Waals surface area contributed by atoms with E-state index in [4.69, 9.17) is 4.84 Å². The minimum atomic E-state index is 0. The summed E-state index contributed by atoms with van der Waals surface area (Å²) in [5.41, 5.74) is 3.51. The lowest BCUT2D eigenvalue weighted by atomic mass is 10.0. The highest BCUT2D eigenvalue weighted by Crippen LogP contribution is 2.19. The Labute approximate surface area is 107 Å². The zero-order valence-electron chi connectivity index (χ0n) is 9.37. The van der Waals surface area contributed by atoms with Gasteiger partial charge >= 0.3 is 0 Å². The molecule has 3 heteroatoms. The molecule has 0 aromatic heterocycles. The molecule has 0 aliphatic carbocycles. The largest absolute Gasteiger partial charge is 0.391 e. The van der Waals surface area contributed by atoms with Gasteiger partial charge in [-0.1, -0.05) is 54.6 Å². The topological polar surface area (TPSA) is 21.6 Å². The zero-order valence-corrected chi connectivity index (χ0v) is 10.2. The molecule has 0 saturated carbocycles. The first-order chi connectivity index (χ1) is 7.90. The summed E-state index contributed by atoms with van der Waals surface area (Å²) in [7, 11) is 0. The predicted octanol–water partition coefficient (Wildman–Crippen LogP) is 3.91. The lowest BCUT2D eigenvalue weighted by Gasteiger charge is -2.03. The number of benzene rings is 2. The molecule has 2 nitrogen and oxygen atoms in total. The molecular weight excluding hydrogens is 234 g/mol. The van der Waals surface area contributed by atoms with E-state index >= 15 is 0 Å². The van der Waals surface area contributed by atoms with E-state index in [2.05, 4.69) is 36.1 Å². The molecule has 0 bridgehead atoms. The Morgan fingerprint density at radius 3 is 2.06 bits per heavy atom. The van der Waals surface area contributed by atoms with Crippen LogP contribution in [0.3, 0.4) is 0 Å². The third kappa shape index (κ3) is 3.61. The van der Waals surface area contributed by atoms with Crippen molar-refractivity contribution in [1.82, 2.24) is 0 Å². The van der Waals surface area contributed by atoms with Crippen LogP contribution in [0.1, 0.15) is 5.56 Å². The van der Waals surface area contributed by atoms with Crippen LogP contribution in [0.2, 0.25) is 0 Å². The molecule has 0 fully saturated rings. The molecular formula is C14H14ClNO. The second-order valence-corrected chi connectivity index (χ2v) is 3.47. The van der Waals surface area contributed by atoms with Gasteiger partial charge in [0.2, 0.25) is 0 Å². The minimum Gasteiger partial charge on any atom is -0.391 e. The highest BCUT2D eigenvalue weighted by molar-refractivity contribution is 5.85. The third-order valence-corrected chi connectivity index (χ3v) is 2.38. The molecule has 0 unspecified atom stereocenters. The molecule has 0 atom stereocenters. The van der Waals surface area contributed by atoms with Crippen LogP contribution in [0, 0.1) is 0 Å². The summed E-state index contributed by atoms with van der Waals surface area (Å²) < 4.78 is 0. The summed E-state index contributed by atoms with van der Waals surface area (Å²) in [6, 6.07) is 18.5. The molecule has 2 aromatic rings. The monoisotopic (exact) mass is 247 g/mol. The van der Waals surface area contributed by atoms with Gasteiger partial charge in [0, 0.05) is 6.72 Å². The van der Waals surface area contributed by atoms with Crippen molar-refractivity contribution in [1.29, 1.82) is 0 Å². The van der Waals surface area contributed by atoms with Crippen molar-refractivity contribution in [2.45, 2.75) is 6.61 Å². The molecule has 0 N–H and O–H groups in total. The Bertz CT molecular complexity index is 453. The molecule has 0 aliphatic heterocycles. The third-order valence-electron chi connectivity index (χ3n) is 2.38. The Balaban J connectivity index is 0.00000144. The fourth-order valence-corrected chi connectivity index (χ4v) is 1.54. The number of halogens is 1. The van der Waals surface area contributed by atoms with Crippen LogP contribution >= 0.6 is 12.4 Å². The van der Waals surface area contributed by atoms with Gasteiger partial charge in [0.15, 0.2) is 0 Å². The van der Waals surface area contributed by atoms with Crippen LogP contribution in [0.5, 0.6) is 0 Å². The molecule has 2 rings (SSSR count). The summed E-state index contributed by atoms with van der Waals surface area (Å²) in [6.07, 6.45) is 0. The van der Waals surface area contributed by atoms with E-state index < -0.39 is 0 Å². The van der Waals surface area contributed by atoms with Crippen LogP contribution in [0.15, 0.2) is 59.8 Å². The lowest BCUT2D eigenvalue weighted by Crippen LogP contribution is -1.86. The molecule has 17 heavy (non-hydrogen) atoms. The van der Waals surface area contributed by atoms with Gasteiger partial charge in [-0.25, -0.2) is 0 Å². The van der Waals surface area contributed by atoms with Crippen molar-refractivity contribution in [3.05, 3.63) is 60.2 Å². The summed E-state index contributed by atoms with van der Waals surface area (Å²) in [4.78, 5) is 4.88. The molecule has 0 heterocycles. The number of hydrogen-bond acceptors (Lipinski definition) is 2. The molecule has 0 amide bonds. The first kappa shape index (κ1) is 13.3. The highest BCUT2D eigenvalue weighted by Gasteiger charge is 1.97. The van der Waals surface area contributed by atoms with Crippen molar-refractivity contribution in [2.75, 3.05) is 0 Å². The van der Waals surface area contributed by atoms with Crippen molar-refractivity contribution in [2.24, 2.45) is 5.16 Å². The molecule has 0 saturated heterocycles. The fraction of sp³-hybridized carbons (Fsp3) is 0.0714. The number of rotatable bonds is 4. The van der Waals surface area contributed by atoms with Gasteiger partial charge in [-0.15, -0.1) is 17.6 Å². The minimum absolute atomic E-state index is 0. The van der Waals surface area contributed by atoms with Crippen LogP contribution in [-0.4, -0.2) is 6.72 Å². The van der Waals surface area contributed by atoms with E-state index in [0.717, 1.165) is 5.56 Å². The number of oxime groups is 1. The smallest absolute Gasteiger partial charge is 0.142 e. The van der Waals surface area contributed by atoms with Crippen LogP contribution in [-0.2, 0) is 11.4 Å². The van der Waals surface area contributed by atoms with Gasteiger partial charge in [0.05, 0.1) is 0 Å². The van der Waals surface area contributed by atoms with Crippen molar-refractivity contribution < 1.29 is 4.84 Å². The lowest BCUT2D eigenvalue weighted by molar-refractivity contribution is 0.133. The van der Waals surface area contributed by atoms with Crippen molar-refractivity contribution in [3.63, 3.8) is 0 Å². The Morgan fingerprint density at radius 1 is 0.882 bits per heavy atom. The first-order valence-corrected chi connectivity index (χ1v) is 5.12. The summed E-state index contributed by atoms with van der Waals surface area (Å²) in [6.45, 7) is 3.74. The molecule has 88 valence electrons. The van der Waals surface area contributed by atoms with Gasteiger partial charge < -0.3 is 4.84 Å². The second-order valence-electron chi connectivity index (χ2n) is 3.47. The average Bonchev–Trinajstić information content (AvgIpc) is 2.38. The van der Waals surface area contributed by atoms with Crippen LogP contribution in [0.4, 0.5) is 0 Å². The summed E-state index contributed by atoms with van der Waals surface area (Å²) in [5.74, 6) is 0. The first-order valence-electron chi connectivity index (χ1n) is 5.12. The van der Waals surface area contributed by atoms with E-state index in [-0.39, 0.29) is 12.4 Å². The standard InChI is InChI=1S/C14H13NO.ClH/c1-15-16-11-12-7-9-14(10-8-12)13-5-3-2-4-6-13;/h2-10H,1,11H2;1H. The molecule has 0 spiro atoms. The van der Waals surface area contributed by atoms with E-state index in [1.54, 1.807) is 0 Å². The SMILES string of the molecule is C=NOCc1ccc(-c2ccccc2)cc1.Cl. The van der Waals surface area contributed by atoms with Crippen LogP contribution in [0.25, 0.3) is 11.1 Å². The van der Waals surface area contributed by atoms with Gasteiger partial charge in [0.25, 0.3) is 0 Å². The normalized spacial score (nSPS) is 9.18. The van der Waals surface area contributed by atoms with Crippen LogP contribution < -0.4 is 0 Å². The second kappa shape index (κ2) is 6.71. The highest BCUT2D eigenvalue weighted by atomic mass is 35.5. The maximum atomic E-state index is 4.88. The molecule has 2 aromatic carbocycles. The zero-order chi connectivity index (χ0) is 11.2. The van der Waals surface area contributed by atoms with Crippen molar-refractivity contribution in [3.8, 4) is 11.1 Å². The molecule has 0 radical (unpaired) electrons. The Morgan fingerprint density at radius 2 is 1.47 bits per heavy atom. The number of hydrogen-bond donors (Lipinski definition) is 0. The van der Waals surface area contributed by atoms with E-state index in [9.17, 15) is 0 Å². The van der Waals surface area contributed by atoms with Crippen molar-refractivity contribution >= 4 is 19.1 Å². The van der Waals surface area contributed by atoms with Gasteiger partial charge in [-0.05, 0) is 16.7 Å². The maximum Gasteiger partial charge on any atom is 0.142 e. The van der Waals surface area contributed by atoms with Gasteiger partial charge in [-0.3, -0.25) is 0 Å². The van der Waals surface area contributed by atoms with E-state index in [1.807, 2.05) is 30.3 Å². The summed E-state index contributed by atoms with van der Waals surface area (Å²) >= 11 is 0. The quantitative estimate of drug-likeness (QED) is 0.593. The van der Waals surface area contributed by atoms with Gasteiger partial charge in [-0.2, -0.15) is 0 Å². The van der Waals surface area contributed by atoms with E-state index in [1.165, 1.54) is 11.1 Å². The Kier molecular flexibility index (Phi) is 5.24. The van der Waals surface area contributed by atoms with E-state index in [0.29, 0.717) is 6.61 Å². The predicted molar refractivity (Wildman–Crippen MR) is 73.5 cm³/mol. The molecule has 0 aliphatic rings. The fourth-order valence-electron chi connectivity index (χ4n) is 1.54.